The van der Waals surface area contributed by atoms with E-state index in [4.69, 9.17) is 4.74 Å². The van der Waals surface area contributed by atoms with Crippen molar-refractivity contribution in [2.45, 2.75) is 103 Å². The molecule has 0 spiro atoms. The lowest BCUT2D eigenvalue weighted by molar-refractivity contribution is -0.145. The Hall–Kier alpha value is -0.610. The molecule has 0 saturated carbocycles. The molecule has 0 aromatic heterocycles. The molecule has 4 nitrogen and oxygen atoms in total. The minimum atomic E-state index is -0.562. The van der Waals surface area contributed by atoms with E-state index in [1.54, 1.807) is 6.92 Å². The fourth-order valence-electron chi connectivity index (χ4n) is 2.57. The monoisotopic (exact) mass is 316 g/mol. The Morgan fingerprint density at radius 1 is 0.818 bits per heavy atom. The maximum Gasteiger partial charge on any atom is 0.308 e. The van der Waals surface area contributed by atoms with Crippen molar-refractivity contribution in [1.82, 2.24) is 0 Å². The number of aliphatic hydroxyl groups is 2. The predicted molar refractivity (Wildman–Crippen MR) is 89.7 cm³/mol. The van der Waals surface area contributed by atoms with Crippen LogP contribution in [0.15, 0.2) is 0 Å². The summed E-state index contributed by atoms with van der Waals surface area (Å²) in [7, 11) is 0. The number of rotatable bonds is 15. The summed E-state index contributed by atoms with van der Waals surface area (Å²) in [4.78, 5) is 11.2. The highest BCUT2D eigenvalue weighted by Crippen LogP contribution is 2.13. The first-order valence-electron chi connectivity index (χ1n) is 9.11. The molecule has 0 rings (SSSR count). The zero-order chi connectivity index (χ0) is 16.6. The van der Waals surface area contributed by atoms with Crippen LogP contribution in [-0.4, -0.2) is 35.0 Å². The molecule has 0 bridgehead atoms. The summed E-state index contributed by atoms with van der Waals surface area (Å²) in [5.74, 6) is -0.309. The number of hydrogen-bond acceptors (Lipinski definition) is 4. The highest BCUT2D eigenvalue weighted by molar-refractivity contribution is 5.69. The molecule has 0 radical (unpaired) electrons. The van der Waals surface area contributed by atoms with Gasteiger partial charge in [-0.15, -0.1) is 0 Å². The lowest BCUT2D eigenvalue weighted by Crippen LogP contribution is -2.15. The van der Waals surface area contributed by atoms with Crippen molar-refractivity contribution in [3.05, 3.63) is 0 Å². The van der Waals surface area contributed by atoms with Crippen LogP contribution in [0.3, 0.4) is 0 Å². The minimum absolute atomic E-state index is 0.113. The van der Waals surface area contributed by atoms with Crippen LogP contribution in [0.25, 0.3) is 0 Å². The number of aliphatic hydroxyl groups excluding tert-OH is 2. The quantitative estimate of drug-likeness (QED) is 0.354. The van der Waals surface area contributed by atoms with Crippen LogP contribution in [0.5, 0.6) is 0 Å². The van der Waals surface area contributed by atoms with Crippen molar-refractivity contribution >= 4 is 5.97 Å². The Balaban J connectivity index is 3.31. The fourth-order valence-corrected chi connectivity index (χ4v) is 2.57. The Kier molecular flexibility index (Phi) is 14.9. The first kappa shape index (κ1) is 21.4. The standard InChI is InChI=1S/C18H36O4/c1-3-5-12-16(19)13-10-8-6-7-9-11-14-17(20)15-18(21)22-4-2/h16-17,19-20H,3-15H2,1-2H3. The largest absolute Gasteiger partial charge is 0.466 e. The third-order valence-electron chi connectivity index (χ3n) is 3.92. The van der Waals surface area contributed by atoms with E-state index in [0.29, 0.717) is 13.0 Å². The number of carbonyl (C=O) groups is 1. The third kappa shape index (κ3) is 14.3. The first-order valence-corrected chi connectivity index (χ1v) is 9.11. The van der Waals surface area contributed by atoms with Crippen molar-refractivity contribution in [1.29, 1.82) is 0 Å². The molecule has 0 fully saturated rings. The Morgan fingerprint density at radius 3 is 1.86 bits per heavy atom. The summed E-state index contributed by atoms with van der Waals surface area (Å²) in [5.41, 5.74) is 0. The van der Waals surface area contributed by atoms with E-state index in [2.05, 4.69) is 6.92 Å². The average Bonchev–Trinajstić information content (AvgIpc) is 2.47. The van der Waals surface area contributed by atoms with Crippen molar-refractivity contribution in [3.63, 3.8) is 0 Å². The topological polar surface area (TPSA) is 66.8 Å². The maximum absolute atomic E-state index is 11.2. The van der Waals surface area contributed by atoms with Crippen LogP contribution in [0.4, 0.5) is 0 Å². The second kappa shape index (κ2) is 15.3. The van der Waals surface area contributed by atoms with Gasteiger partial charge in [0.05, 0.1) is 25.2 Å². The smallest absolute Gasteiger partial charge is 0.308 e. The lowest BCUT2D eigenvalue weighted by atomic mass is 10.0. The molecular formula is C18H36O4. The van der Waals surface area contributed by atoms with Crippen LogP contribution < -0.4 is 0 Å². The van der Waals surface area contributed by atoms with Gasteiger partial charge in [-0.3, -0.25) is 4.79 Å². The van der Waals surface area contributed by atoms with E-state index in [-0.39, 0.29) is 18.5 Å². The highest BCUT2D eigenvalue weighted by Gasteiger charge is 2.10. The third-order valence-corrected chi connectivity index (χ3v) is 3.92. The van der Waals surface area contributed by atoms with E-state index in [0.717, 1.165) is 51.4 Å². The molecule has 0 aliphatic heterocycles. The van der Waals surface area contributed by atoms with Crippen molar-refractivity contribution < 1.29 is 19.7 Å². The SMILES string of the molecule is CCCCC(O)CCCCCCCCC(O)CC(=O)OCC. The molecule has 0 heterocycles. The first-order chi connectivity index (χ1) is 10.6. The summed E-state index contributed by atoms with van der Waals surface area (Å²) in [6.45, 7) is 4.29. The Morgan fingerprint density at radius 2 is 1.32 bits per heavy atom. The molecule has 0 aromatic rings. The van der Waals surface area contributed by atoms with E-state index in [1.807, 2.05) is 0 Å². The molecule has 0 saturated heterocycles. The zero-order valence-corrected chi connectivity index (χ0v) is 14.6. The second-order valence-corrected chi connectivity index (χ2v) is 6.16. The van der Waals surface area contributed by atoms with Crippen LogP contribution in [0.2, 0.25) is 0 Å². The van der Waals surface area contributed by atoms with Gasteiger partial charge >= 0.3 is 5.97 Å². The maximum atomic E-state index is 11.2. The molecule has 0 aliphatic rings. The molecule has 0 amide bonds. The molecular weight excluding hydrogens is 280 g/mol. The fraction of sp³-hybridized carbons (Fsp3) is 0.944. The van der Waals surface area contributed by atoms with Crippen molar-refractivity contribution in [3.8, 4) is 0 Å². The minimum Gasteiger partial charge on any atom is -0.466 e. The van der Waals surface area contributed by atoms with Gasteiger partial charge < -0.3 is 14.9 Å². The van der Waals surface area contributed by atoms with Gasteiger partial charge in [0.1, 0.15) is 0 Å². The van der Waals surface area contributed by atoms with Gasteiger partial charge in [0.15, 0.2) is 0 Å². The summed E-state index contributed by atoms with van der Waals surface area (Å²) in [6.07, 6.45) is 10.9. The molecule has 4 heteroatoms. The van der Waals surface area contributed by atoms with Gasteiger partial charge in [0.2, 0.25) is 0 Å². The number of hydrogen-bond donors (Lipinski definition) is 2. The van der Waals surface area contributed by atoms with E-state index in [1.165, 1.54) is 12.8 Å². The van der Waals surface area contributed by atoms with Gasteiger partial charge in [-0.1, -0.05) is 58.3 Å². The van der Waals surface area contributed by atoms with Crippen molar-refractivity contribution in [2.75, 3.05) is 6.61 Å². The molecule has 0 aliphatic carbocycles. The van der Waals surface area contributed by atoms with Gasteiger partial charge in [-0.25, -0.2) is 0 Å². The highest BCUT2D eigenvalue weighted by atomic mass is 16.5. The molecule has 0 aromatic carbocycles. The number of esters is 1. The van der Waals surface area contributed by atoms with Crippen molar-refractivity contribution in [2.24, 2.45) is 0 Å². The van der Waals surface area contributed by atoms with Crippen LogP contribution in [0, 0.1) is 0 Å². The Bertz CT molecular complexity index is 255. The number of unbranched alkanes of at least 4 members (excludes halogenated alkanes) is 6. The van der Waals surface area contributed by atoms with Gasteiger partial charge in [0.25, 0.3) is 0 Å². The number of carbonyl (C=O) groups excluding carboxylic acids is 1. The van der Waals surface area contributed by atoms with Gasteiger partial charge in [0, 0.05) is 0 Å². The van der Waals surface area contributed by atoms with Gasteiger partial charge in [-0.2, -0.15) is 0 Å². The number of ether oxygens (including phenoxy) is 1. The predicted octanol–water partition coefficient (Wildman–Crippen LogP) is 3.97. The van der Waals surface area contributed by atoms with Gasteiger partial charge in [-0.05, 0) is 26.2 Å². The van der Waals surface area contributed by atoms with Crippen LogP contribution in [0.1, 0.15) is 90.9 Å². The Labute approximate surface area is 136 Å². The van der Waals surface area contributed by atoms with Crippen LogP contribution in [-0.2, 0) is 9.53 Å². The molecule has 2 N–H and O–H groups in total. The van der Waals surface area contributed by atoms with E-state index in [9.17, 15) is 15.0 Å². The summed E-state index contributed by atoms with van der Waals surface area (Å²) < 4.78 is 4.81. The second-order valence-electron chi connectivity index (χ2n) is 6.16. The van der Waals surface area contributed by atoms with E-state index < -0.39 is 6.10 Å². The molecule has 2 atom stereocenters. The zero-order valence-electron chi connectivity index (χ0n) is 14.6. The molecule has 2 unspecified atom stereocenters. The normalized spacial score (nSPS) is 13.8. The summed E-state index contributed by atoms with van der Waals surface area (Å²) in [5, 5.41) is 19.4. The molecule has 22 heavy (non-hydrogen) atoms. The lowest BCUT2D eigenvalue weighted by Gasteiger charge is -2.10. The van der Waals surface area contributed by atoms with Crippen LogP contribution >= 0.6 is 0 Å². The van der Waals surface area contributed by atoms with E-state index >= 15 is 0 Å². The molecule has 132 valence electrons. The summed E-state index contributed by atoms with van der Waals surface area (Å²) >= 11 is 0. The average molecular weight is 316 g/mol. The summed E-state index contributed by atoms with van der Waals surface area (Å²) in [6, 6.07) is 0.